The number of thiophene rings is 1. The smallest absolute Gasteiger partial charge is 0.241 e. The van der Waals surface area contributed by atoms with Gasteiger partial charge in [0.25, 0.3) is 0 Å². The topological polar surface area (TPSA) is 75.4 Å². The second-order valence-corrected chi connectivity index (χ2v) is 7.52. The Morgan fingerprint density at radius 1 is 1.32 bits per heavy atom. The van der Waals surface area contributed by atoms with E-state index in [0.717, 1.165) is 24.5 Å². The van der Waals surface area contributed by atoms with Crippen LogP contribution in [-0.2, 0) is 16.6 Å². The van der Waals surface area contributed by atoms with Gasteiger partial charge in [-0.1, -0.05) is 6.42 Å². The van der Waals surface area contributed by atoms with Gasteiger partial charge in [-0.2, -0.15) is 0 Å². The standard InChI is InChI=1S/C12H21N3O2S2/c13-9-11-8-12(10-18-11)19(16,17)14-4-7-15-5-2-1-3-6-15/h8,10,14H,1-7,9,13H2. The third-order valence-electron chi connectivity index (χ3n) is 3.31. The first-order valence-electron chi connectivity index (χ1n) is 6.61. The van der Waals surface area contributed by atoms with E-state index >= 15 is 0 Å². The summed E-state index contributed by atoms with van der Waals surface area (Å²) in [4.78, 5) is 3.53. The number of nitrogens with zero attached hydrogens (tertiary/aromatic N) is 1. The van der Waals surface area contributed by atoms with Crippen LogP contribution in [0.3, 0.4) is 0 Å². The Balaban J connectivity index is 1.83. The fourth-order valence-electron chi connectivity index (χ4n) is 2.21. The molecule has 5 nitrogen and oxygen atoms in total. The van der Waals surface area contributed by atoms with Gasteiger partial charge >= 0.3 is 0 Å². The summed E-state index contributed by atoms with van der Waals surface area (Å²) in [5, 5.41) is 1.64. The molecule has 1 aromatic rings. The van der Waals surface area contributed by atoms with Crippen LogP contribution in [0.5, 0.6) is 0 Å². The molecular formula is C12H21N3O2S2. The molecule has 0 atom stereocenters. The first-order chi connectivity index (χ1) is 9.12. The van der Waals surface area contributed by atoms with E-state index in [4.69, 9.17) is 5.73 Å². The number of nitrogens with one attached hydrogen (secondary N) is 1. The van der Waals surface area contributed by atoms with Gasteiger partial charge in [0, 0.05) is 29.9 Å². The summed E-state index contributed by atoms with van der Waals surface area (Å²) in [7, 11) is -3.37. The molecule has 0 spiro atoms. The van der Waals surface area contributed by atoms with Gasteiger partial charge in [-0.3, -0.25) is 0 Å². The van der Waals surface area contributed by atoms with Crippen LogP contribution in [0.15, 0.2) is 16.3 Å². The molecule has 0 aromatic carbocycles. The molecule has 0 aliphatic carbocycles. The number of likely N-dealkylation sites (tertiary alicyclic amines) is 1. The molecular weight excluding hydrogens is 282 g/mol. The Morgan fingerprint density at radius 2 is 2.05 bits per heavy atom. The van der Waals surface area contributed by atoms with Gasteiger partial charge in [0.05, 0.1) is 4.90 Å². The summed E-state index contributed by atoms with van der Waals surface area (Å²) in [5.41, 5.74) is 5.49. The molecule has 108 valence electrons. The van der Waals surface area contributed by atoms with Crippen LogP contribution in [0.2, 0.25) is 0 Å². The molecule has 3 N–H and O–H groups in total. The Kier molecular flexibility index (Phi) is 5.35. The van der Waals surface area contributed by atoms with Crippen molar-refractivity contribution in [1.82, 2.24) is 9.62 Å². The molecule has 0 bridgehead atoms. The summed E-state index contributed by atoms with van der Waals surface area (Å²) in [6, 6.07) is 1.65. The maximum atomic E-state index is 12.0. The van der Waals surface area contributed by atoms with E-state index in [9.17, 15) is 8.42 Å². The summed E-state index contributed by atoms with van der Waals surface area (Å²) in [6.07, 6.45) is 3.73. The Morgan fingerprint density at radius 3 is 2.68 bits per heavy atom. The van der Waals surface area contributed by atoms with Gasteiger partial charge < -0.3 is 10.6 Å². The quantitative estimate of drug-likeness (QED) is 0.821. The molecule has 0 unspecified atom stereocenters. The van der Waals surface area contributed by atoms with Gasteiger partial charge in [0.2, 0.25) is 10.0 Å². The average Bonchev–Trinajstić information content (AvgIpc) is 2.89. The fraction of sp³-hybridized carbons (Fsp3) is 0.667. The summed E-state index contributed by atoms with van der Waals surface area (Å²) in [6.45, 7) is 3.80. The zero-order valence-electron chi connectivity index (χ0n) is 11.0. The van der Waals surface area contributed by atoms with Crippen LogP contribution < -0.4 is 10.5 Å². The van der Waals surface area contributed by atoms with Crippen molar-refractivity contribution in [2.45, 2.75) is 30.7 Å². The van der Waals surface area contributed by atoms with Crippen molar-refractivity contribution in [3.05, 3.63) is 16.3 Å². The molecule has 7 heteroatoms. The zero-order valence-corrected chi connectivity index (χ0v) is 12.6. The minimum Gasteiger partial charge on any atom is -0.326 e. The molecule has 1 saturated heterocycles. The van der Waals surface area contributed by atoms with E-state index in [2.05, 4.69) is 9.62 Å². The highest BCUT2D eigenvalue weighted by molar-refractivity contribution is 7.89. The van der Waals surface area contributed by atoms with Crippen molar-refractivity contribution < 1.29 is 8.42 Å². The SMILES string of the molecule is NCc1cc(S(=O)(=O)NCCN2CCCCC2)cs1. The summed E-state index contributed by atoms with van der Waals surface area (Å²) < 4.78 is 26.7. The maximum absolute atomic E-state index is 12.0. The van der Waals surface area contributed by atoms with Crippen molar-refractivity contribution >= 4 is 21.4 Å². The van der Waals surface area contributed by atoms with Crippen LogP contribution in [-0.4, -0.2) is 39.5 Å². The molecule has 0 saturated carbocycles. The predicted molar refractivity (Wildman–Crippen MR) is 77.7 cm³/mol. The van der Waals surface area contributed by atoms with Gasteiger partial charge in [0.15, 0.2) is 0 Å². The third-order valence-corrected chi connectivity index (χ3v) is 5.86. The molecule has 1 aromatic heterocycles. The lowest BCUT2D eigenvalue weighted by Crippen LogP contribution is -2.37. The summed E-state index contributed by atoms with van der Waals surface area (Å²) >= 11 is 1.38. The second kappa shape index (κ2) is 6.81. The van der Waals surface area contributed by atoms with E-state index in [0.29, 0.717) is 18.0 Å². The van der Waals surface area contributed by atoms with E-state index in [1.165, 1.54) is 30.6 Å². The molecule has 0 amide bonds. The monoisotopic (exact) mass is 303 g/mol. The molecule has 19 heavy (non-hydrogen) atoms. The van der Waals surface area contributed by atoms with Crippen molar-refractivity contribution in [3.63, 3.8) is 0 Å². The van der Waals surface area contributed by atoms with E-state index < -0.39 is 10.0 Å². The number of hydrogen-bond donors (Lipinski definition) is 2. The Labute approximate surface area is 118 Å². The van der Waals surface area contributed by atoms with Gasteiger partial charge in [0.1, 0.15) is 0 Å². The molecule has 2 rings (SSSR count). The van der Waals surface area contributed by atoms with E-state index in [-0.39, 0.29) is 0 Å². The lowest BCUT2D eigenvalue weighted by Gasteiger charge is -2.26. The largest absolute Gasteiger partial charge is 0.326 e. The van der Waals surface area contributed by atoms with Crippen LogP contribution >= 0.6 is 11.3 Å². The molecule has 1 fully saturated rings. The van der Waals surface area contributed by atoms with Crippen LogP contribution in [0.4, 0.5) is 0 Å². The first-order valence-corrected chi connectivity index (χ1v) is 8.97. The minimum absolute atomic E-state index is 0.330. The van der Waals surface area contributed by atoms with Gasteiger partial charge in [-0.05, 0) is 32.0 Å². The number of rotatable bonds is 6. The van der Waals surface area contributed by atoms with Crippen molar-refractivity contribution in [2.24, 2.45) is 5.73 Å². The van der Waals surface area contributed by atoms with Crippen molar-refractivity contribution in [1.29, 1.82) is 0 Å². The molecule has 1 aliphatic rings. The molecule has 2 heterocycles. The number of hydrogen-bond acceptors (Lipinski definition) is 5. The molecule has 0 radical (unpaired) electrons. The van der Waals surface area contributed by atoms with Crippen LogP contribution in [0.25, 0.3) is 0 Å². The zero-order chi connectivity index (χ0) is 13.7. The first kappa shape index (κ1) is 14.9. The van der Waals surface area contributed by atoms with Crippen molar-refractivity contribution in [3.8, 4) is 0 Å². The van der Waals surface area contributed by atoms with Crippen molar-refractivity contribution in [2.75, 3.05) is 26.2 Å². The Hall–Kier alpha value is -0.470. The number of piperidine rings is 1. The lowest BCUT2D eigenvalue weighted by atomic mass is 10.1. The van der Waals surface area contributed by atoms with Crippen LogP contribution in [0, 0.1) is 0 Å². The predicted octanol–water partition coefficient (Wildman–Crippen LogP) is 0.971. The van der Waals surface area contributed by atoms with Gasteiger partial charge in [-0.25, -0.2) is 13.1 Å². The fourth-order valence-corrected chi connectivity index (χ4v) is 4.39. The minimum atomic E-state index is -3.37. The average molecular weight is 303 g/mol. The van der Waals surface area contributed by atoms with E-state index in [1.807, 2.05) is 0 Å². The van der Waals surface area contributed by atoms with Gasteiger partial charge in [-0.15, -0.1) is 11.3 Å². The summed E-state index contributed by atoms with van der Waals surface area (Å²) in [5.74, 6) is 0. The number of sulfonamides is 1. The van der Waals surface area contributed by atoms with Crippen LogP contribution in [0.1, 0.15) is 24.1 Å². The highest BCUT2D eigenvalue weighted by Crippen LogP contribution is 2.18. The Bertz CT molecular complexity index is 493. The highest BCUT2D eigenvalue weighted by Gasteiger charge is 2.16. The lowest BCUT2D eigenvalue weighted by molar-refractivity contribution is 0.233. The normalized spacial score (nSPS) is 17.7. The molecule has 1 aliphatic heterocycles. The number of nitrogens with two attached hydrogens (primary N) is 1. The maximum Gasteiger partial charge on any atom is 0.241 e. The van der Waals surface area contributed by atoms with E-state index in [1.54, 1.807) is 11.4 Å². The second-order valence-electron chi connectivity index (χ2n) is 4.75. The third kappa shape index (κ3) is 4.25. The highest BCUT2D eigenvalue weighted by atomic mass is 32.2.